The highest BCUT2D eigenvalue weighted by Crippen LogP contribution is 2.37. The first kappa shape index (κ1) is 20.7. The van der Waals surface area contributed by atoms with Crippen LogP contribution in [-0.4, -0.2) is 64.9 Å². The minimum atomic E-state index is -0.402. The van der Waals surface area contributed by atoms with Gasteiger partial charge in [0.15, 0.2) is 0 Å². The minimum Gasteiger partial charge on any atom is -0.373 e. The highest BCUT2D eigenvalue weighted by Gasteiger charge is 2.46. The highest BCUT2D eigenvalue weighted by molar-refractivity contribution is 5.88. The number of hydrogen-bond donors (Lipinski definition) is 2. The number of anilines is 1. The lowest BCUT2D eigenvalue weighted by molar-refractivity contribution is -0.129. The first-order chi connectivity index (χ1) is 14.9. The van der Waals surface area contributed by atoms with Crippen LogP contribution in [0.15, 0.2) is 12.1 Å². The number of benzene rings is 1. The lowest BCUT2D eigenvalue weighted by atomic mass is 9.89. The highest BCUT2D eigenvalue weighted by atomic mass is 19.1. The number of rotatable bonds is 3. The zero-order valence-corrected chi connectivity index (χ0v) is 18.5. The number of fused-ring (bicyclic) bond motifs is 2. The van der Waals surface area contributed by atoms with Gasteiger partial charge in [0.05, 0.1) is 0 Å². The largest absolute Gasteiger partial charge is 0.373 e. The zero-order valence-electron chi connectivity index (χ0n) is 18.5. The molecule has 1 saturated carbocycles. The van der Waals surface area contributed by atoms with Crippen molar-refractivity contribution in [3.8, 4) is 0 Å². The Balaban J connectivity index is 1.19. The van der Waals surface area contributed by atoms with Crippen LogP contribution in [0.5, 0.6) is 0 Å². The summed E-state index contributed by atoms with van der Waals surface area (Å²) in [5.41, 5.74) is 2.38. The second-order valence-corrected chi connectivity index (χ2v) is 9.81. The van der Waals surface area contributed by atoms with Gasteiger partial charge in [-0.3, -0.25) is 14.5 Å². The third kappa shape index (κ3) is 3.71. The molecule has 5 atom stereocenters. The van der Waals surface area contributed by atoms with E-state index in [4.69, 9.17) is 0 Å². The Morgan fingerprint density at radius 3 is 2.71 bits per heavy atom. The zero-order chi connectivity index (χ0) is 21.7. The van der Waals surface area contributed by atoms with Gasteiger partial charge < -0.3 is 15.5 Å². The number of likely N-dealkylation sites (tertiary alicyclic amines) is 2. The third-order valence-electron chi connectivity index (χ3n) is 7.99. The van der Waals surface area contributed by atoms with E-state index in [1.54, 1.807) is 13.0 Å². The average Bonchev–Trinajstić information content (AvgIpc) is 3.45. The molecule has 3 fully saturated rings. The van der Waals surface area contributed by atoms with E-state index < -0.39 is 6.04 Å². The molecule has 2 N–H and O–H groups in total. The third-order valence-corrected chi connectivity index (χ3v) is 7.99. The number of aryl methyl sites for hydroxylation is 1. The van der Waals surface area contributed by atoms with Crippen molar-refractivity contribution in [2.45, 2.75) is 89.0 Å². The standard InChI is InChI=1S/C24H33FN4O2/c1-14-6-7-19(25)18-13-20(27-23(14)18)24(31)26-16-4-3-5-17(12-16)29-11-9-21-22(29)8-10-28(21)15(2)30/h6-7,16-17,20-22,27H,3-5,8-13H2,1-2H3,(H,26,31)/t16-,17?,20?,21+,22+/m1/s1. The fourth-order valence-electron chi connectivity index (χ4n) is 6.49. The van der Waals surface area contributed by atoms with Crippen molar-refractivity contribution < 1.29 is 14.0 Å². The van der Waals surface area contributed by atoms with E-state index in [0.717, 1.165) is 62.9 Å². The maximum atomic E-state index is 14.2. The molecule has 5 rings (SSSR count). The summed E-state index contributed by atoms with van der Waals surface area (Å²) in [6, 6.07) is 4.31. The monoisotopic (exact) mass is 428 g/mol. The van der Waals surface area contributed by atoms with Crippen LogP contribution in [0, 0.1) is 12.7 Å². The first-order valence-corrected chi connectivity index (χ1v) is 11.8. The van der Waals surface area contributed by atoms with E-state index in [1.807, 2.05) is 6.92 Å². The molecule has 31 heavy (non-hydrogen) atoms. The molecular weight excluding hydrogens is 395 g/mol. The molecule has 168 valence electrons. The first-order valence-electron chi connectivity index (χ1n) is 11.8. The van der Waals surface area contributed by atoms with Crippen molar-refractivity contribution >= 4 is 17.5 Å². The lowest BCUT2D eigenvalue weighted by Gasteiger charge is -2.38. The smallest absolute Gasteiger partial charge is 0.243 e. The van der Waals surface area contributed by atoms with Gasteiger partial charge in [-0.2, -0.15) is 0 Å². The van der Waals surface area contributed by atoms with Crippen LogP contribution >= 0.6 is 0 Å². The molecular formula is C24H33FN4O2. The molecule has 2 saturated heterocycles. The fraction of sp³-hybridized carbons (Fsp3) is 0.667. The predicted octanol–water partition coefficient (Wildman–Crippen LogP) is 2.59. The molecule has 4 aliphatic rings. The van der Waals surface area contributed by atoms with Crippen molar-refractivity contribution in [1.29, 1.82) is 0 Å². The van der Waals surface area contributed by atoms with Crippen molar-refractivity contribution in [1.82, 2.24) is 15.1 Å². The van der Waals surface area contributed by atoms with E-state index in [0.29, 0.717) is 30.1 Å². The topological polar surface area (TPSA) is 64.7 Å². The van der Waals surface area contributed by atoms with Gasteiger partial charge in [-0.05, 0) is 57.1 Å². The van der Waals surface area contributed by atoms with Crippen LogP contribution in [-0.2, 0) is 16.0 Å². The fourth-order valence-corrected chi connectivity index (χ4v) is 6.49. The second-order valence-electron chi connectivity index (χ2n) is 9.81. The van der Waals surface area contributed by atoms with Crippen LogP contribution < -0.4 is 10.6 Å². The lowest BCUT2D eigenvalue weighted by Crippen LogP contribution is -2.50. The molecule has 2 unspecified atom stereocenters. The van der Waals surface area contributed by atoms with E-state index in [1.165, 1.54) is 6.07 Å². The number of hydrogen-bond acceptors (Lipinski definition) is 4. The summed E-state index contributed by atoms with van der Waals surface area (Å²) in [7, 11) is 0. The molecule has 0 radical (unpaired) electrons. The van der Waals surface area contributed by atoms with Gasteiger partial charge in [-0.25, -0.2) is 4.39 Å². The Hall–Kier alpha value is -2.15. The normalized spacial score (nSPS) is 32.5. The molecule has 1 aliphatic carbocycles. The number of halogens is 1. The van der Waals surface area contributed by atoms with Crippen LogP contribution in [0.4, 0.5) is 10.1 Å². The maximum absolute atomic E-state index is 14.2. The van der Waals surface area contributed by atoms with Gasteiger partial charge in [0.1, 0.15) is 11.9 Å². The molecule has 7 heteroatoms. The molecule has 2 amide bonds. The summed E-state index contributed by atoms with van der Waals surface area (Å²) in [6.07, 6.45) is 6.75. The van der Waals surface area contributed by atoms with E-state index in [-0.39, 0.29) is 23.7 Å². The number of nitrogens with zero attached hydrogens (tertiary/aromatic N) is 2. The van der Waals surface area contributed by atoms with Gasteiger partial charge in [0, 0.05) is 61.9 Å². The molecule has 3 aliphatic heterocycles. The van der Waals surface area contributed by atoms with Gasteiger partial charge in [-0.15, -0.1) is 0 Å². The Labute approximate surface area is 183 Å². The average molecular weight is 429 g/mol. The number of carbonyl (C=O) groups is 2. The van der Waals surface area contributed by atoms with E-state index >= 15 is 0 Å². The van der Waals surface area contributed by atoms with Gasteiger partial charge in [-0.1, -0.05) is 6.07 Å². The molecule has 6 nitrogen and oxygen atoms in total. The quantitative estimate of drug-likeness (QED) is 0.777. The van der Waals surface area contributed by atoms with Crippen molar-refractivity contribution in [3.63, 3.8) is 0 Å². The number of carbonyl (C=O) groups excluding carboxylic acids is 2. The predicted molar refractivity (Wildman–Crippen MR) is 117 cm³/mol. The summed E-state index contributed by atoms with van der Waals surface area (Å²) >= 11 is 0. The molecule has 0 aromatic heterocycles. The molecule has 3 heterocycles. The van der Waals surface area contributed by atoms with E-state index in [9.17, 15) is 14.0 Å². The van der Waals surface area contributed by atoms with Crippen LogP contribution in [0.25, 0.3) is 0 Å². The Morgan fingerprint density at radius 2 is 1.94 bits per heavy atom. The summed E-state index contributed by atoms with van der Waals surface area (Å²) in [4.78, 5) is 29.6. The molecule has 0 bridgehead atoms. The summed E-state index contributed by atoms with van der Waals surface area (Å²) < 4.78 is 14.2. The van der Waals surface area contributed by atoms with Crippen LogP contribution in [0.1, 0.15) is 56.6 Å². The Morgan fingerprint density at radius 1 is 1.13 bits per heavy atom. The molecule has 1 aromatic rings. The maximum Gasteiger partial charge on any atom is 0.243 e. The Kier molecular flexibility index (Phi) is 5.40. The molecule has 1 aromatic carbocycles. The second kappa shape index (κ2) is 8.08. The summed E-state index contributed by atoms with van der Waals surface area (Å²) in [6.45, 7) is 5.54. The number of amides is 2. The van der Waals surface area contributed by atoms with Crippen molar-refractivity contribution in [3.05, 3.63) is 29.1 Å². The Bertz CT molecular complexity index is 860. The minimum absolute atomic E-state index is 0.0245. The van der Waals surface area contributed by atoms with E-state index in [2.05, 4.69) is 20.4 Å². The summed E-state index contributed by atoms with van der Waals surface area (Å²) in [5, 5.41) is 6.50. The van der Waals surface area contributed by atoms with Gasteiger partial charge in [0.25, 0.3) is 0 Å². The van der Waals surface area contributed by atoms with Gasteiger partial charge >= 0.3 is 0 Å². The van der Waals surface area contributed by atoms with Gasteiger partial charge in [0.2, 0.25) is 11.8 Å². The van der Waals surface area contributed by atoms with Crippen LogP contribution in [0.3, 0.4) is 0 Å². The SMILES string of the molecule is CC(=O)N1CC[C@H]2[C@@H]1CCN2C1CCC[C@@H](NC(=O)C2Cc3c(F)ccc(C)c3N2)C1. The molecule has 0 spiro atoms. The van der Waals surface area contributed by atoms with Crippen molar-refractivity contribution in [2.24, 2.45) is 0 Å². The van der Waals surface area contributed by atoms with Crippen molar-refractivity contribution in [2.75, 3.05) is 18.4 Å². The van der Waals surface area contributed by atoms with Crippen LogP contribution in [0.2, 0.25) is 0 Å². The number of nitrogens with one attached hydrogen (secondary N) is 2. The summed E-state index contributed by atoms with van der Waals surface area (Å²) in [5.74, 6) is -0.0654.